The maximum absolute atomic E-state index is 13.7. The Hall–Kier alpha value is -0.710. The van der Waals surface area contributed by atoms with Gasteiger partial charge in [0, 0.05) is 24.0 Å². The molecule has 1 aliphatic heterocycles. The molecule has 17 heavy (non-hydrogen) atoms. The summed E-state index contributed by atoms with van der Waals surface area (Å²) < 4.78 is 26.6. The van der Waals surface area contributed by atoms with E-state index in [1.54, 1.807) is 0 Å². The van der Waals surface area contributed by atoms with Crippen molar-refractivity contribution < 1.29 is 8.78 Å². The van der Waals surface area contributed by atoms with Crippen LogP contribution in [-0.2, 0) is 0 Å². The van der Waals surface area contributed by atoms with Crippen molar-refractivity contribution in [3.8, 4) is 0 Å². The summed E-state index contributed by atoms with van der Waals surface area (Å²) in [4.78, 5) is 5.85. The standard InChI is InChI=1S/C12H15BrF2N2/c13-7-10-4-2-1-3-5-17(10)12-11(15)6-9(14)8-16-12/h6,8,10H,1-5,7H2. The van der Waals surface area contributed by atoms with Gasteiger partial charge in [-0.1, -0.05) is 28.8 Å². The molecule has 0 aliphatic carbocycles. The number of rotatable bonds is 2. The Morgan fingerprint density at radius 3 is 2.88 bits per heavy atom. The highest BCUT2D eigenvalue weighted by Crippen LogP contribution is 2.25. The van der Waals surface area contributed by atoms with Crippen molar-refractivity contribution in [2.75, 3.05) is 16.8 Å². The molecule has 5 heteroatoms. The fraction of sp³-hybridized carbons (Fsp3) is 0.583. The summed E-state index contributed by atoms with van der Waals surface area (Å²) in [7, 11) is 0. The maximum Gasteiger partial charge on any atom is 0.168 e. The van der Waals surface area contributed by atoms with E-state index in [4.69, 9.17) is 0 Å². The topological polar surface area (TPSA) is 16.1 Å². The molecule has 2 heterocycles. The van der Waals surface area contributed by atoms with Crippen LogP contribution in [0.3, 0.4) is 0 Å². The van der Waals surface area contributed by atoms with Crippen molar-refractivity contribution in [1.29, 1.82) is 0 Å². The van der Waals surface area contributed by atoms with E-state index in [-0.39, 0.29) is 11.9 Å². The molecule has 1 aromatic heterocycles. The second-order valence-corrected chi connectivity index (χ2v) is 4.96. The third-order valence-corrected chi connectivity index (χ3v) is 3.86. The molecule has 1 aliphatic rings. The van der Waals surface area contributed by atoms with E-state index >= 15 is 0 Å². The molecule has 0 spiro atoms. The third-order valence-electron chi connectivity index (χ3n) is 3.12. The van der Waals surface area contributed by atoms with E-state index in [9.17, 15) is 8.78 Å². The second-order valence-electron chi connectivity index (χ2n) is 4.31. The number of halogens is 3. The zero-order valence-electron chi connectivity index (χ0n) is 9.50. The Morgan fingerprint density at radius 2 is 2.18 bits per heavy atom. The summed E-state index contributed by atoms with van der Waals surface area (Å²) in [5.74, 6) is -0.924. The SMILES string of the molecule is Fc1cnc(N2CCCCCC2CBr)c(F)c1. The van der Waals surface area contributed by atoms with Gasteiger partial charge in [0.05, 0.1) is 6.20 Å². The van der Waals surface area contributed by atoms with Crippen molar-refractivity contribution in [3.63, 3.8) is 0 Å². The van der Waals surface area contributed by atoms with Crippen molar-refractivity contribution in [2.45, 2.75) is 31.7 Å². The quantitative estimate of drug-likeness (QED) is 0.777. The zero-order chi connectivity index (χ0) is 12.3. The predicted molar refractivity (Wildman–Crippen MR) is 67.5 cm³/mol. The van der Waals surface area contributed by atoms with Crippen molar-refractivity contribution in [2.24, 2.45) is 0 Å². The minimum atomic E-state index is -0.628. The van der Waals surface area contributed by atoms with E-state index in [0.29, 0.717) is 0 Å². The fourth-order valence-electron chi connectivity index (χ4n) is 2.24. The molecule has 2 rings (SSSR count). The van der Waals surface area contributed by atoms with Gasteiger partial charge in [-0.3, -0.25) is 0 Å². The first-order valence-corrected chi connectivity index (χ1v) is 6.98. The van der Waals surface area contributed by atoms with Crippen molar-refractivity contribution in [1.82, 2.24) is 4.98 Å². The number of hydrogen-bond acceptors (Lipinski definition) is 2. The summed E-state index contributed by atoms with van der Waals surface area (Å²) in [5.41, 5.74) is 0. The Balaban J connectivity index is 2.28. The Bertz CT molecular complexity index is 387. The van der Waals surface area contributed by atoms with Crippen LogP contribution in [0.4, 0.5) is 14.6 Å². The number of nitrogens with zero attached hydrogens (tertiary/aromatic N) is 2. The number of pyridine rings is 1. The first kappa shape index (κ1) is 12.7. The summed E-state index contributed by atoms with van der Waals surface area (Å²) in [5, 5.41) is 0.783. The van der Waals surface area contributed by atoms with Crippen LogP contribution >= 0.6 is 15.9 Å². The highest BCUT2D eigenvalue weighted by atomic mass is 79.9. The molecule has 1 unspecified atom stereocenters. The summed E-state index contributed by atoms with van der Waals surface area (Å²) in [6.45, 7) is 0.784. The van der Waals surface area contributed by atoms with Gasteiger partial charge in [0.2, 0.25) is 0 Å². The molecular formula is C12H15BrF2N2. The van der Waals surface area contributed by atoms with Gasteiger partial charge in [0.15, 0.2) is 11.6 Å². The molecule has 0 radical (unpaired) electrons. The van der Waals surface area contributed by atoms with Crippen LogP contribution in [0.1, 0.15) is 25.7 Å². The molecular weight excluding hydrogens is 290 g/mol. The fourth-order valence-corrected chi connectivity index (χ4v) is 2.91. The summed E-state index contributed by atoms with van der Waals surface area (Å²) >= 11 is 3.46. The minimum absolute atomic E-state index is 0.241. The van der Waals surface area contributed by atoms with Crippen LogP contribution < -0.4 is 4.90 Å². The van der Waals surface area contributed by atoms with E-state index in [1.807, 2.05) is 4.90 Å². The molecule has 0 bridgehead atoms. The third kappa shape index (κ3) is 2.94. The Kier molecular flexibility index (Phi) is 4.31. The molecule has 1 fully saturated rings. The van der Waals surface area contributed by atoms with E-state index in [0.717, 1.165) is 49.8 Å². The highest BCUT2D eigenvalue weighted by Gasteiger charge is 2.23. The highest BCUT2D eigenvalue weighted by molar-refractivity contribution is 9.09. The molecule has 1 aromatic rings. The predicted octanol–water partition coefficient (Wildman–Crippen LogP) is 3.50. The van der Waals surface area contributed by atoms with E-state index in [2.05, 4.69) is 20.9 Å². The van der Waals surface area contributed by atoms with Gasteiger partial charge < -0.3 is 4.90 Å². The first-order chi connectivity index (χ1) is 8.22. The molecule has 1 saturated heterocycles. The van der Waals surface area contributed by atoms with Crippen LogP contribution in [0.25, 0.3) is 0 Å². The van der Waals surface area contributed by atoms with E-state index in [1.165, 1.54) is 0 Å². The van der Waals surface area contributed by atoms with Crippen molar-refractivity contribution in [3.05, 3.63) is 23.9 Å². The molecule has 0 amide bonds. The van der Waals surface area contributed by atoms with Crippen molar-refractivity contribution >= 4 is 21.7 Å². The zero-order valence-corrected chi connectivity index (χ0v) is 11.1. The van der Waals surface area contributed by atoms with Gasteiger partial charge in [-0.2, -0.15) is 0 Å². The minimum Gasteiger partial charge on any atom is -0.350 e. The lowest BCUT2D eigenvalue weighted by atomic mass is 10.1. The lowest BCUT2D eigenvalue weighted by Crippen LogP contribution is -2.37. The van der Waals surface area contributed by atoms with Gasteiger partial charge in [-0.25, -0.2) is 13.8 Å². The van der Waals surface area contributed by atoms with Gasteiger partial charge in [-0.05, 0) is 12.8 Å². The Labute approximate surface area is 108 Å². The van der Waals surface area contributed by atoms with Crippen LogP contribution in [0, 0.1) is 11.6 Å². The average Bonchev–Trinajstić information content (AvgIpc) is 2.54. The molecule has 2 nitrogen and oxygen atoms in total. The lowest BCUT2D eigenvalue weighted by Gasteiger charge is -2.29. The van der Waals surface area contributed by atoms with Gasteiger partial charge >= 0.3 is 0 Å². The second kappa shape index (κ2) is 5.76. The average molecular weight is 305 g/mol. The van der Waals surface area contributed by atoms with Crippen LogP contribution in [0.5, 0.6) is 0 Å². The normalized spacial score (nSPS) is 21.4. The first-order valence-electron chi connectivity index (χ1n) is 5.86. The van der Waals surface area contributed by atoms with Crippen LogP contribution in [-0.4, -0.2) is 22.9 Å². The molecule has 0 N–H and O–H groups in total. The summed E-state index contributed by atoms with van der Waals surface area (Å²) in [6, 6.07) is 1.14. The summed E-state index contributed by atoms with van der Waals surface area (Å²) in [6.07, 6.45) is 5.43. The number of anilines is 1. The smallest absolute Gasteiger partial charge is 0.168 e. The lowest BCUT2D eigenvalue weighted by molar-refractivity contribution is 0.551. The van der Waals surface area contributed by atoms with Crippen LogP contribution in [0.15, 0.2) is 12.3 Å². The molecule has 1 atom stereocenters. The largest absolute Gasteiger partial charge is 0.350 e. The molecule has 94 valence electrons. The molecule has 0 saturated carbocycles. The maximum atomic E-state index is 13.7. The monoisotopic (exact) mass is 304 g/mol. The molecule has 0 aromatic carbocycles. The van der Waals surface area contributed by atoms with Gasteiger partial charge in [0.25, 0.3) is 0 Å². The Morgan fingerprint density at radius 1 is 1.35 bits per heavy atom. The number of aromatic nitrogens is 1. The van der Waals surface area contributed by atoms with Gasteiger partial charge in [0.1, 0.15) is 5.82 Å². The van der Waals surface area contributed by atoms with Crippen LogP contribution in [0.2, 0.25) is 0 Å². The number of hydrogen-bond donors (Lipinski definition) is 0. The number of alkyl halides is 1. The van der Waals surface area contributed by atoms with E-state index < -0.39 is 11.6 Å². The van der Waals surface area contributed by atoms with Gasteiger partial charge in [-0.15, -0.1) is 0 Å².